The molecule has 33 heavy (non-hydrogen) atoms. The minimum atomic E-state index is -0.749. The molecule has 9 heteroatoms. The van der Waals surface area contributed by atoms with E-state index in [2.05, 4.69) is 10.3 Å². The predicted molar refractivity (Wildman–Crippen MR) is 125 cm³/mol. The van der Waals surface area contributed by atoms with Crippen molar-refractivity contribution in [3.05, 3.63) is 41.0 Å². The van der Waals surface area contributed by atoms with Gasteiger partial charge in [-0.2, -0.15) is 0 Å². The number of hydrogen-bond acceptors (Lipinski definition) is 6. The molecule has 3 heterocycles. The highest BCUT2D eigenvalue weighted by Gasteiger charge is 2.43. The number of aryl methyl sites for hydroxylation is 1. The molecule has 2 aliphatic rings. The first kappa shape index (κ1) is 23.4. The van der Waals surface area contributed by atoms with E-state index in [-0.39, 0.29) is 30.7 Å². The van der Waals surface area contributed by atoms with Gasteiger partial charge in [0.2, 0.25) is 17.7 Å². The van der Waals surface area contributed by atoms with Crippen molar-refractivity contribution in [1.82, 2.24) is 20.1 Å². The molecule has 2 aliphatic heterocycles. The van der Waals surface area contributed by atoms with Crippen LogP contribution in [0.1, 0.15) is 43.9 Å². The van der Waals surface area contributed by atoms with Crippen molar-refractivity contribution >= 4 is 29.1 Å². The first-order chi connectivity index (χ1) is 15.8. The molecule has 3 atom stereocenters. The Morgan fingerprint density at radius 3 is 2.58 bits per heavy atom. The minimum absolute atomic E-state index is 0.113. The number of likely N-dealkylation sites (tertiary alicyclic amines) is 2. The van der Waals surface area contributed by atoms with E-state index in [1.807, 2.05) is 36.7 Å². The summed E-state index contributed by atoms with van der Waals surface area (Å²) in [7, 11) is 0. The maximum absolute atomic E-state index is 13.3. The summed E-state index contributed by atoms with van der Waals surface area (Å²) in [5.41, 5.74) is 4.85. The average molecular weight is 471 g/mol. The Bertz CT molecular complexity index is 1020. The third kappa shape index (κ3) is 5.09. The Balaban J connectivity index is 1.40. The van der Waals surface area contributed by atoms with Crippen LogP contribution in [0, 0.1) is 6.92 Å². The summed E-state index contributed by atoms with van der Waals surface area (Å²) < 4.78 is 0. The molecule has 0 spiro atoms. The van der Waals surface area contributed by atoms with Crippen LogP contribution >= 0.6 is 11.3 Å². The zero-order valence-corrected chi connectivity index (χ0v) is 19.8. The SMILES string of the molecule is CC(=O)N1CCCCC1C(=O)N1CC(O)CC1C(=O)NCc1ccc(-c2scnc2C)cc1. The second-order valence-corrected chi connectivity index (χ2v) is 9.66. The summed E-state index contributed by atoms with van der Waals surface area (Å²) in [5.74, 6) is -0.663. The molecule has 0 saturated carbocycles. The average Bonchev–Trinajstić information content (AvgIpc) is 3.42. The highest BCUT2D eigenvalue weighted by molar-refractivity contribution is 7.13. The molecule has 2 fully saturated rings. The number of aliphatic hydroxyl groups excluding tert-OH is 1. The molecular weight excluding hydrogens is 440 g/mol. The number of benzene rings is 1. The van der Waals surface area contributed by atoms with Crippen LogP contribution in [0.3, 0.4) is 0 Å². The van der Waals surface area contributed by atoms with Crippen LogP contribution < -0.4 is 5.32 Å². The number of rotatable bonds is 5. The van der Waals surface area contributed by atoms with Crippen molar-refractivity contribution < 1.29 is 19.5 Å². The molecule has 8 nitrogen and oxygen atoms in total. The van der Waals surface area contributed by atoms with E-state index in [1.165, 1.54) is 11.8 Å². The summed E-state index contributed by atoms with van der Waals surface area (Å²) >= 11 is 1.59. The normalized spacial score (nSPS) is 22.9. The predicted octanol–water partition coefficient (Wildman–Crippen LogP) is 2.10. The van der Waals surface area contributed by atoms with Crippen LogP contribution in [-0.4, -0.2) is 68.9 Å². The number of aliphatic hydroxyl groups is 1. The first-order valence-electron chi connectivity index (χ1n) is 11.4. The number of carbonyl (C=O) groups is 3. The lowest BCUT2D eigenvalue weighted by atomic mass is 10.0. The molecule has 2 saturated heterocycles. The van der Waals surface area contributed by atoms with Gasteiger partial charge in [-0.3, -0.25) is 14.4 Å². The van der Waals surface area contributed by atoms with Crippen molar-refractivity contribution in [2.24, 2.45) is 0 Å². The van der Waals surface area contributed by atoms with Gasteiger partial charge >= 0.3 is 0 Å². The molecule has 3 amide bonds. The number of nitrogens with zero attached hydrogens (tertiary/aromatic N) is 3. The largest absolute Gasteiger partial charge is 0.391 e. The molecule has 1 aromatic heterocycles. The third-order valence-electron chi connectivity index (χ3n) is 6.49. The Morgan fingerprint density at radius 2 is 1.91 bits per heavy atom. The van der Waals surface area contributed by atoms with Crippen LogP contribution in [-0.2, 0) is 20.9 Å². The van der Waals surface area contributed by atoms with E-state index < -0.39 is 18.2 Å². The molecule has 2 N–H and O–H groups in total. The maximum atomic E-state index is 13.3. The number of thiazole rings is 1. The molecule has 176 valence electrons. The van der Waals surface area contributed by atoms with Crippen LogP contribution in [0.4, 0.5) is 0 Å². The fourth-order valence-electron chi connectivity index (χ4n) is 4.72. The summed E-state index contributed by atoms with van der Waals surface area (Å²) in [6.07, 6.45) is 1.78. The number of aromatic nitrogens is 1. The topological polar surface area (TPSA) is 103 Å². The van der Waals surface area contributed by atoms with Gasteiger partial charge in [0.05, 0.1) is 22.2 Å². The Hall–Kier alpha value is -2.78. The lowest BCUT2D eigenvalue weighted by Crippen LogP contribution is -2.55. The van der Waals surface area contributed by atoms with Crippen LogP contribution in [0.25, 0.3) is 10.4 Å². The van der Waals surface area contributed by atoms with E-state index >= 15 is 0 Å². The standard InChI is InChI=1S/C24H30N4O4S/c1-15-22(33-14-26-15)18-8-6-17(7-9-18)12-25-23(31)21-11-19(30)13-28(21)24(32)20-5-3-4-10-27(20)16(2)29/h6-9,14,19-21,30H,3-5,10-13H2,1-2H3,(H,25,31). The zero-order valence-electron chi connectivity index (χ0n) is 19.0. The van der Waals surface area contributed by atoms with Crippen molar-refractivity contribution in [3.63, 3.8) is 0 Å². The van der Waals surface area contributed by atoms with Gasteiger partial charge in [-0.25, -0.2) is 4.98 Å². The van der Waals surface area contributed by atoms with Gasteiger partial charge in [0, 0.05) is 33.0 Å². The second kappa shape index (κ2) is 10.0. The highest BCUT2D eigenvalue weighted by atomic mass is 32.1. The molecule has 0 radical (unpaired) electrons. The quantitative estimate of drug-likeness (QED) is 0.697. The minimum Gasteiger partial charge on any atom is -0.391 e. The third-order valence-corrected chi connectivity index (χ3v) is 7.46. The second-order valence-electron chi connectivity index (χ2n) is 8.80. The summed E-state index contributed by atoms with van der Waals surface area (Å²) in [5, 5.41) is 13.1. The smallest absolute Gasteiger partial charge is 0.246 e. The molecule has 0 aliphatic carbocycles. The molecule has 2 aromatic rings. The molecule has 1 aromatic carbocycles. The monoisotopic (exact) mass is 470 g/mol. The highest BCUT2D eigenvalue weighted by Crippen LogP contribution is 2.28. The van der Waals surface area contributed by atoms with E-state index in [4.69, 9.17) is 0 Å². The fraction of sp³-hybridized carbons (Fsp3) is 0.500. The van der Waals surface area contributed by atoms with E-state index in [1.54, 1.807) is 16.2 Å². The molecule has 3 unspecified atom stereocenters. The van der Waals surface area contributed by atoms with E-state index in [9.17, 15) is 19.5 Å². The number of carbonyl (C=O) groups excluding carboxylic acids is 3. The molecule has 0 bridgehead atoms. The van der Waals surface area contributed by atoms with Crippen molar-refractivity contribution in [2.75, 3.05) is 13.1 Å². The summed E-state index contributed by atoms with van der Waals surface area (Å²) in [6, 6.07) is 6.66. The van der Waals surface area contributed by atoms with Gasteiger partial charge in [0.1, 0.15) is 12.1 Å². The van der Waals surface area contributed by atoms with Crippen LogP contribution in [0.5, 0.6) is 0 Å². The number of amides is 3. The Kier molecular flexibility index (Phi) is 7.09. The first-order valence-corrected chi connectivity index (χ1v) is 12.3. The number of piperidine rings is 1. The van der Waals surface area contributed by atoms with Gasteiger partial charge in [0.25, 0.3) is 0 Å². The van der Waals surface area contributed by atoms with Crippen LogP contribution in [0.2, 0.25) is 0 Å². The fourth-order valence-corrected chi connectivity index (χ4v) is 5.53. The number of β-amino-alcohol motifs (C(OH)–C–C–N with tert-alkyl or cyclic N) is 1. The van der Waals surface area contributed by atoms with Gasteiger partial charge in [0.15, 0.2) is 0 Å². The lowest BCUT2D eigenvalue weighted by molar-refractivity contribution is -0.149. The number of nitrogens with one attached hydrogen (secondary N) is 1. The molecular formula is C24H30N4O4S. The Labute approximate surface area is 197 Å². The zero-order chi connectivity index (χ0) is 23.5. The summed E-state index contributed by atoms with van der Waals surface area (Å²) in [6.45, 7) is 4.44. The van der Waals surface area contributed by atoms with Crippen molar-refractivity contribution in [2.45, 2.75) is 64.3 Å². The summed E-state index contributed by atoms with van der Waals surface area (Å²) in [4.78, 5) is 46.7. The number of hydrogen-bond donors (Lipinski definition) is 2. The molecule has 4 rings (SSSR count). The van der Waals surface area contributed by atoms with E-state index in [0.29, 0.717) is 19.5 Å². The Morgan fingerprint density at radius 1 is 1.15 bits per heavy atom. The van der Waals surface area contributed by atoms with Crippen molar-refractivity contribution in [1.29, 1.82) is 0 Å². The van der Waals surface area contributed by atoms with Gasteiger partial charge < -0.3 is 20.2 Å². The van der Waals surface area contributed by atoms with Crippen LogP contribution in [0.15, 0.2) is 29.8 Å². The lowest BCUT2D eigenvalue weighted by Gasteiger charge is -2.37. The van der Waals surface area contributed by atoms with E-state index in [0.717, 1.165) is 34.5 Å². The maximum Gasteiger partial charge on any atom is 0.246 e. The van der Waals surface area contributed by atoms with Crippen molar-refractivity contribution in [3.8, 4) is 10.4 Å². The van der Waals surface area contributed by atoms with Gasteiger partial charge in [-0.05, 0) is 37.3 Å². The van der Waals surface area contributed by atoms with Gasteiger partial charge in [-0.1, -0.05) is 24.3 Å². The van der Waals surface area contributed by atoms with Gasteiger partial charge in [-0.15, -0.1) is 11.3 Å².